The van der Waals surface area contributed by atoms with E-state index in [1.54, 1.807) is 25.1 Å². The number of nitrogens with one attached hydrogen (secondary N) is 2. The van der Waals surface area contributed by atoms with Crippen LogP contribution < -0.4 is 10.6 Å². The molecule has 3 N–H and O–H groups in total. The van der Waals surface area contributed by atoms with Crippen molar-refractivity contribution in [2.45, 2.75) is 31.7 Å². The van der Waals surface area contributed by atoms with Gasteiger partial charge in [0, 0.05) is 33.2 Å². The predicted molar refractivity (Wildman–Crippen MR) is 142 cm³/mol. The van der Waals surface area contributed by atoms with E-state index >= 15 is 0 Å². The van der Waals surface area contributed by atoms with E-state index in [0.717, 1.165) is 25.8 Å². The molecule has 8 heteroatoms. The van der Waals surface area contributed by atoms with Crippen LogP contribution >= 0.6 is 22.6 Å². The molecule has 0 fully saturated rings. The van der Waals surface area contributed by atoms with Gasteiger partial charge in [0.2, 0.25) is 0 Å². The fourth-order valence-corrected chi connectivity index (χ4v) is 4.94. The fraction of sp³-hybridized carbons (Fsp3) is 0.222. The molecule has 0 aliphatic heterocycles. The number of carbonyl (C=O) groups excluding carboxylic acids is 2. The number of hydrogen-bond acceptors (Lipinski definition) is 4. The lowest BCUT2D eigenvalue weighted by molar-refractivity contribution is -0.137. The molecule has 0 radical (unpaired) electrons. The van der Waals surface area contributed by atoms with Crippen molar-refractivity contribution in [2.75, 3.05) is 11.9 Å². The van der Waals surface area contributed by atoms with Gasteiger partial charge in [-0.15, -0.1) is 0 Å². The molecule has 4 rings (SSSR count). The number of carboxylic acid groups (broad SMARTS) is 1. The minimum Gasteiger partial charge on any atom is -0.481 e. The van der Waals surface area contributed by atoms with Crippen molar-refractivity contribution in [3.05, 3.63) is 87.0 Å². The van der Waals surface area contributed by atoms with E-state index in [4.69, 9.17) is 9.84 Å². The Morgan fingerprint density at radius 1 is 1.00 bits per heavy atom. The van der Waals surface area contributed by atoms with E-state index in [0.29, 0.717) is 17.7 Å². The number of ether oxygens (including phenoxy) is 1. The lowest BCUT2D eigenvalue weighted by Crippen LogP contribution is -2.33. The predicted octanol–water partition coefficient (Wildman–Crippen LogP) is 5.64. The summed E-state index contributed by atoms with van der Waals surface area (Å²) in [6.45, 7) is 1.95. The molecule has 0 aromatic heterocycles. The third-order valence-corrected chi connectivity index (χ3v) is 6.54. The Bertz CT molecular complexity index is 1230. The zero-order valence-corrected chi connectivity index (χ0v) is 21.2. The number of carbonyl (C=O) groups is 3. The van der Waals surface area contributed by atoms with Gasteiger partial charge >= 0.3 is 12.1 Å². The van der Waals surface area contributed by atoms with Gasteiger partial charge in [-0.3, -0.25) is 14.9 Å². The second kappa shape index (κ2) is 10.9. The van der Waals surface area contributed by atoms with Crippen LogP contribution in [-0.2, 0) is 9.53 Å². The smallest absolute Gasteiger partial charge is 0.411 e. The molecule has 0 saturated heterocycles. The van der Waals surface area contributed by atoms with Crippen LogP contribution in [-0.4, -0.2) is 35.7 Å². The van der Waals surface area contributed by atoms with Crippen LogP contribution in [0.25, 0.3) is 11.1 Å². The molecule has 1 aliphatic carbocycles. The zero-order valence-electron chi connectivity index (χ0n) is 19.1. The van der Waals surface area contributed by atoms with E-state index < -0.39 is 12.1 Å². The van der Waals surface area contributed by atoms with E-state index in [2.05, 4.69) is 57.5 Å². The summed E-state index contributed by atoms with van der Waals surface area (Å²) in [5.74, 6) is -1.29. The number of aliphatic carboxylic acids is 1. The van der Waals surface area contributed by atoms with Crippen molar-refractivity contribution >= 4 is 46.2 Å². The van der Waals surface area contributed by atoms with Gasteiger partial charge in [-0.25, -0.2) is 4.79 Å². The van der Waals surface area contributed by atoms with Crippen LogP contribution in [0.5, 0.6) is 0 Å². The van der Waals surface area contributed by atoms with Crippen molar-refractivity contribution in [2.24, 2.45) is 0 Å². The summed E-state index contributed by atoms with van der Waals surface area (Å²) in [7, 11) is 0. The van der Waals surface area contributed by atoms with Crippen molar-refractivity contribution in [3.63, 3.8) is 0 Å². The molecule has 0 spiro atoms. The number of carboxylic acids is 1. The number of rotatable bonds is 8. The first-order chi connectivity index (χ1) is 16.8. The quantitative estimate of drug-likeness (QED) is 0.298. The van der Waals surface area contributed by atoms with Crippen LogP contribution in [0.15, 0.2) is 66.7 Å². The molecule has 1 aliphatic rings. The van der Waals surface area contributed by atoms with Gasteiger partial charge in [0.25, 0.3) is 5.91 Å². The SMILES string of the molecule is CC(CCC(=O)O)NC(=O)c1cc(I)cc(NC(=O)OCC2c3ccccc3-c3ccccc32)c1. The third kappa shape index (κ3) is 6.00. The summed E-state index contributed by atoms with van der Waals surface area (Å²) in [5, 5.41) is 14.3. The standard InChI is InChI=1S/C27H25IN2O5/c1-16(10-11-25(31)32)29-26(33)17-12-18(28)14-19(13-17)30-27(34)35-15-24-22-8-4-2-6-20(22)21-7-3-5-9-23(21)24/h2-9,12-14,16,24H,10-11,15H2,1H3,(H,29,33)(H,30,34)(H,31,32). The summed E-state index contributed by atoms with van der Waals surface area (Å²) in [5.41, 5.74) is 5.38. The number of fused-ring (bicyclic) bond motifs is 3. The maximum Gasteiger partial charge on any atom is 0.411 e. The lowest BCUT2D eigenvalue weighted by Gasteiger charge is -2.16. The van der Waals surface area contributed by atoms with Gasteiger partial charge in [0.1, 0.15) is 6.61 Å². The van der Waals surface area contributed by atoms with E-state index in [1.807, 2.05) is 24.3 Å². The molecule has 0 saturated carbocycles. The molecule has 35 heavy (non-hydrogen) atoms. The zero-order chi connectivity index (χ0) is 24.9. The summed E-state index contributed by atoms with van der Waals surface area (Å²) in [4.78, 5) is 36.0. The summed E-state index contributed by atoms with van der Waals surface area (Å²) >= 11 is 2.07. The maximum atomic E-state index is 12.6. The molecule has 3 aromatic rings. The largest absolute Gasteiger partial charge is 0.481 e. The molecule has 3 aromatic carbocycles. The summed E-state index contributed by atoms with van der Waals surface area (Å²) in [6.07, 6.45) is -0.298. The first kappa shape index (κ1) is 24.7. The maximum absolute atomic E-state index is 12.6. The van der Waals surface area contributed by atoms with Gasteiger partial charge in [0.05, 0.1) is 0 Å². The molecule has 2 amide bonds. The van der Waals surface area contributed by atoms with E-state index in [1.165, 1.54) is 0 Å². The van der Waals surface area contributed by atoms with Gasteiger partial charge in [0.15, 0.2) is 0 Å². The van der Waals surface area contributed by atoms with Crippen LogP contribution in [0.2, 0.25) is 0 Å². The molecular weight excluding hydrogens is 559 g/mol. The molecule has 0 heterocycles. The normalized spacial score (nSPS) is 12.9. The van der Waals surface area contributed by atoms with Crippen molar-refractivity contribution in [1.82, 2.24) is 5.32 Å². The van der Waals surface area contributed by atoms with E-state index in [-0.39, 0.29) is 30.9 Å². The van der Waals surface area contributed by atoms with Crippen LogP contribution in [0.1, 0.15) is 47.2 Å². The second-order valence-electron chi connectivity index (χ2n) is 8.49. The monoisotopic (exact) mass is 584 g/mol. The highest BCUT2D eigenvalue weighted by molar-refractivity contribution is 14.1. The van der Waals surface area contributed by atoms with Crippen LogP contribution in [0.3, 0.4) is 0 Å². The molecule has 1 atom stereocenters. The molecule has 7 nitrogen and oxygen atoms in total. The number of halogens is 1. The first-order valence-corrected chi connectivity index (χ1v) is 12.3. The average Bonchev–Trinajstić information content (AvgIpc) is 3.15. The third-order valence-electron chi connectivity index (χ3n) is 5.92. The van der Waals surface area contributed by atoms with Gasteiger partial charge < -0.3 is 15.2 Å². The van der Waals surface area contributed by atoms with Crippen molar-refractivity contribution in [3.8, 4) is 11.1 Å². The van der Waals surface area contributed by atoms with Gasteiger partial charge in [-0.05, 0) is 76.4 Å². The van der Waals surface area contributed by atoms with Crippen LogP contribution in [0.4, 0.5) is 10.5 Å². The van der Waals surface area contributed by atoms with Crippen LogP contribution in [0, 0.1) is 3.57 Å². The number of hydrogen-bond donors (Lipinski definition) is 3. The minimum absolute atomic E-state index is 0.0254. The van der Waals surface area contributed by atoms with Crippen molar-refractivity contribution in [1.29, 1.82) is 0 Å². The summed E-state index contributed by atoms with van der Waals surface area (Å²) < 4.78 is 6.36. The highest BCUT2D eigenvalue weighted by Gasteiger charge is 2.29. The molecule has 180 valence electrons. The Morgan fingerprint density at radius 3 is 2.26 bits per heavy atom. The molecule has 1 unspecified atom stereocenters. The number of amides is 2. The highest BCUT2D eigenvalue weighted by Crippen LogP contribution is 2.44. The highest BCUT2D eigenvalue weighted by atomic mass is 127. The lowest BCUT2D eigenvalue weighted by atomic mass is 9.98. The fourth-order valence-electron chi connectivity index (χ4n) is 4.26. The van der Waals surface area contributed by atoms with Gasteiger partial charge in [-0.2, -0.15) is 0 Å². The Kier molecular flexibility index (Phi) is 7.70. The average molecular weight is 584 g/mol. The Hall–Kier alpha value is -3.40. The second-order valence-corrected chi connectivity index (χ2v) is 9.73. The van der Waals surface area contributed by atoms with Crippen molar-refractivity contribution < 1.29 is 24.2 Å². The Balaban J connectivity index is 1.40. The molecule has 0 bridgehead atoms. The Morgan fingerprint density at radius 2 is 1.63 bits per heavy atom. The first-order valence-electron chi connectivity index (χ1n) is 11.3. The van der Waals surface area contributed by atoms with Gasteiger partial charge in [-0.1, -0.05) is 48.5 Å². The number of benzene rings is 3. The van der Waals surface area contributed by atoms with E-state index in [9.17, 15) is 14.4 Å². The Labute approximate surface area is 217 Å². The topological polar surface area (TPSA) is 105 Å². The summed E-state index contributed by atoms with van der Waals surface area (Å²) in [6, 6.07) is 21.0. The number of anilines is 1. The molecular formula is C27H25IN2O5. The minimum atomic E-state index is -0.907.